The summed E-state index contributed by atoms with van der Waals surface area (Å²) in [6.07, 6.45) is 1.65. The predicted octanol–water partition coefficient (Wildman–Crippen LogP) is 3.21. The van der Waals surface area contributed by atoms with Gasteiger partial charge in [0.05, 0.1) is 28.5 Å². The van der Waals surface area contributed by atoms with Gasteiger partial charge in [0.25, 0.3) is 5.56 Å². The second kappa shape index (κ2) is 9.98. The smallest absolute Gasteiger partial charge is 0.338 e. The van der Waals surface area contributed by atoms with Crippen LogP contribution in [0.2, 0.25) is 0 Å². The van der Waals surface area contributed by atoms with Gasteiger partial charge >= 0.3 is 11.9 Å². The van der Waals surface area contributed by atoms with Crippen LogP contribution in [0.1, 0.15) is 37.9 Å². The van der Waals surface area contributed by atoms with Crippen molar-refractivity contribution in [2.45, 2.75) is 26.8 Å². The highest BCUT2D eigenvalue weighted by Gasteiger charge is 2.34. The van der Waals surface area contributed by atoms with Gasteiger partial charge < -0.3 is 18.9 Å². The topological polar surface area (TPSA) is 105 Å². The van der Waals surface area contributed by atoms with Gasteiger partial charge in [0, 0.05) is 17.0 Å². The van der Waals surface area contributed by atoms with Crippen molar-refractivity contribution in [2.24, 2.45) is 4.99 Å². The number of carbonyl (C=O) groups is 2. The fourth-order valence-corrected chi connectivity index (χ4v) is 5.63. The molecular formula is C26H21BrN2O7S. The highest BCUT2D eigenvalue weighted by atomic mass is 79.9. The normalized spacial score (nSPS) is 16.3. The van der Waals surface area contributed by atoms with E-state index in [0.717, 1.165) is 4.47 Å². The van der Waals surface area contributed by atoms with Crippen LogP contribution in [0.3, 0.4) is 0 Å². The van der Waals surface area contributed by atoms with Crippen LogP contribution >= 0.6 is 27.3 Å². The van der Waals surface area contributed by atoms with Crippen LogP contribution in [-0.4, -0.2) is 29.9 Å². The zero-order valence-corrected chi connectivity index (χ0v) is 22.5. The van der Waals surface area contributed by atoms with Crippen molar-refractivity contribution in [1.82, 2.24) is 4.57 Å². The lowest BCUT2D eigenvalue weighted by Crippen LogP contribution is -2.39. The number of ether oxygens (including phenoxy) is 4. The standard InChI is InChI=1S/C26H21BrN2O7S/c1-4-33-25(32)22-13(2)28-26-29(23(22)15-5-7-19-20(10-15)35-12-34-19)24(31)21(37-26)11-16-9-17(27)6-8-18(16)36-14(3)30/h5-11,23H,4,12H2,1-3H3/b21-11-/t23-/m1/s1. The van der Waals surface area contributed by atoms with E-state index in [9.17, 15) is 14.4 Å². The van der Waals surface area contributed by atoms with Crippen molar-refractivity contribution in [2.75, 3.05) is 13.4 Å². The van der Waals surface area contributed by atoms with Gasteiger partial charge in [-0.1, -0.05) is 33.3 Å². The van der Waals surface area contributed by atoms with Crippen molar-refractivity contribution in [3.8, 4) is 17.2 Å². The van der Waals surface area contributed by atoms with Gasteiger partial charge in [-0.05, 0) is 55.8 Å². The zero-order valence-electron chi connectivity index (χ0n) is 20.1. The minimum atomic E-state index is -0.789. The van der Waals surface area contributed by atoms with Crippen LogP contribution in [0.15, 0.2) is 61.9 Å². The molecule has 0 N–H and O–H groups in total. The van der Waals surface area contributed by atoms with E-state index in [2.05, 4.69) is 20.9 Å². The van der Waals surface area contributed by atoms with Crippen LogP contribution in [0.5, 0.6) is 17.2 Å². The molecule has 37 heavy (non-hydrogen) atoms. The van der Waals surface area contributed by atoms with E-state index in [1.54, 1.807) is 56.3 Å². The lowest BCUT2D eigenvalue weighted by Gasteiger charge is -2.24. The Hall–Kier alpha value is -3.70. The van der Waals surface area contributed by atoms with Gasteiger partial charge in [0.1, 0.15) is 5.75 Å². The Balaban J connectivity index is 1.72. The highest BCUT2D eigenvalue weighted by Crippen LogP contribution is 2.38. The molecule has 1 aromatic heterocycles. The molecule has 0 aliphatic carbocycles. The summed E-state index contributed by atoms with van der Waals surface area (Å²) in [5.74, 6) is 0.401. The van der Waals surface area contributed by atoms with Crippen LogP contribution in [-0.2, 0) is 14.3 Å². The first kappa shape index (κ1) is 25.0. The molecule has 0 fully saturated rings. The number of allylic oxidation sites excluding steroid dienone is 1. The van der Waals surface area contributed by atoms with Crippen molar-refractivity contribution >= 4 is 45.3 Å². The highest BCUT2D eigenvalue weighted by molar-refractivity contribution is 9.10. The summed E-state index contributed by atoms with van der Waals surface area (Å²) >= 11 is 4.60. The number of hydrogen-bond donors (Lipinski definition) is 0. The second-order valence-corrected chi connectivity index (χ2v) is 10.1. The van der Waals surface area contributed by atoms with Crippen LogP contribution < -0.4 is 29.1 Å². The summed E-state index contributed by atoms with van der Waals surface area (Å²) in [4.78, 5) is 43.5. The number of carbonyl (C=O) groups excluding carboxylic acids is 2. The average molecular weight is 585 g/mol. The van der Waals surface area contributed by atoms with Gasteiger partial charge in [-0.3, -0.25) is 14.2 Å². The van der Waals surface area contributed by atoms with Gasteiger partial charge in [0.2, 0.25) is 6.79 Å². The zero-order chi connectivity index (χ0) is 26.3. The quantitative estimate of drug-likeness (QED) is 0.335. The molecule has 11 heteroatoms. The summed E-state index contributed by atoms with van der Waals surface area (Å²) in [6.45, 7) is 5.02. The molecule has 0 unspecified atom stereocenters. The van der Waals surface area contributed by atoms with Crippen LogP contribution in [0.4, 0.5) is 0 Å². The summed E-state index contributed by atoms with van der Waals surface area (Å²) in [5, 5.41) is 0. The van der Waals surface area contributed by atoms with Gasteiger partial charge in [-0.2, -0.15) is 0 Å². The minimum absolute atomic E-state index is 0.0957. The fourth-order valence-electron chi connectivity index (χ4n) is 4.21. The van der Waals surface area contributed by atoms with E-state index in [4.69, 9.17) is 18.9 Å². The third-order valence-corrected chi connectivity index (χ3v) is 7.22. The molecule has 2 aliphatic rings. The number of halogens is 1. The molecule has 0 amide bonds. The molecule has 0 radical (unpaired) electrons. The first-order valence-corrected chi connectivity index (χ1v) is 12.9. The maximum atomic E-state index is 13.8. The molecular weight excluding hydrogens is 564 g/mol. The molecule has 3 aromatic rings. The minimum Gasteiger partial charge on any atom is -0.463 e. The number of benzene rings is 2. The second-order valence-electron chi connectivity index (χ2n) is 8.19. The van der Waals surface area contributed by atoms with Crippen molar-refractivity contribution in [3.05, 3.63) is 83.0 Å². The Labute approximate surface area is 223 Å². The molecule has 0 saturated heterocycles. The molecule has 0 saturated carbocycles. The summed E-state index contributed by atoms with van der Waals surface area (Å²) in [6, 6.07) is 9.65. The predicted molar refractivity (Wildman–Crippen MR) is 138 cm³/mol. The lowest BCUT2D eigenvalue weighted by molar-refractivity contribution is -0.139. The molecule has 2 aliphatic heterocycles. The number of nitrogens with zero attached hydrogens (tertiary/aromatic N) is 2. The van der Waals surface area contributed by atoms with Crippen molar-refractivity contribution < 1.29 is 28.5 Å². The maximum Gasteiger partial charge on any atom is 0.338 e. The average Bonchev–Trinajstić information content (AvgIpc) is 3.43. The molecule has 1 atom stereocenters. The molecule has 9 nitrogen and oxygen atoms in total. The molecule has 190 valence electrons. The van der Waals surface area contributed by atoms with E-state index < -0.39 is 18.0 Å². The molecule has 5 rings (SSSR count). The number of thiazole rings is 1. The number of hydrogen-bond acceptors (Lipinski definition) is 9. The number of esters is 2. The Bertz CT molecular complexity index is 1650. The van der Waals surface area contributed by atoms with Crippen LogP contribution in [0, 0.1) is 0 Å². The number of rotatable bonds is 5. The van der Waals surface area contributed by atoms with Crippen molar-refractivity contribution in [3.63, 3.8) is 0 Å². The Kier molecular flexibility index (Phi) is 6.74. The number of fused-ring (bicyclic) bond motifs is 2. The monoisotopic (exact) mass is 584 g/mol. The lowest BCUT2D eigenvalue weighted by atomic mass is 9.95. The molecule has 0 bridgehead atoms. The van der Waals surface area contributed by atoms with E-state index in [1.807, 2.05) is 0 Å². The summed E-state index contributed by atoms with van der Waals surface area (Å²) in [7, 11) is 0. The van der Waals surface area contributed by atoms with E-state index >= 15 is 0 Å². The Morgan fingerprint density at radius 2 is 2.00 bits per heavy atom. The largest absolute Gasteiger partial charge is 0.463 e. The SMILES string of the molecule is CCOC(=O)C1=C(C)N=c2s/c(=C\c3cc(Br)ccc3OC(C)=O)c(=O)n2[C@@H]1c1ccc2c(c1)OCO2. The van der Waals surface area contributed by atoms with Gasteiger partial charge in [0.15, 0.2) is 16.3 Å². The molecule has 3 heterocycles. The third-order valence-electron chi connectivity index (χ3n) is 5.74. The van der Waals surface area contributed by atoms with Gasteiger partial charge in [-0.25, -0.2) is 9.79 Å². The van der Waals surface area contributed by atoms with E-state index in [-0.39, 0.29) is 24.5 Å². The first-order valence-electron chi connectivity index (χ1n) is 11.3. The van der Waals surface area contributed by atoms with E-state index in [1.165, 1.54) is 22.8 Å². The molecule has 2 aromatic carbocycles. The van der Waals surface area contributed by atoms with Gasteiger partial charge in [-0.15, -0.1) is 0 Å². The Morgan fingerprint density at radius 3 is 2.76 bits per heavy atom. The first-order chi connectivity index (χ1) is 17.8. The third kappa shape index (κ3) is 4.72. The number of aromatic nitrogens is 1. The molecule has 0 spiro atoms. The maximum absolute atomic E-state index is 13.8. The summed E-state index contributed by atoms with van der Waals surface area (Å²) in [5.41, 5.74) is 1.56. The van der Waals surface area contributed by atoms with Crippen molar-refractivity contribution in [1.29, 1.82) is 0 Å². The van der Waals surface area contributed by atoms with E-state index in [0.29, 0.717) is 43.4 Å². The Morgan fingerprint density at radius 1 is 1.22 bits per heavy atom. The summed E-state index contributed by atoms with van der Waals surface area (Å²) < 4.78 is 24.2. The fraction of sp³-hybridized carbons (Fsp3) is 0.231. The van der Waals surface area contributed by atoms with Crippen LogP contribution in [0.25, 0.3) is 6.08 Å².